The summed E-state index contributed by atoms with van der Waals surface area (Å²) in [4.78, 5) is 21.7. The first-order valence-corrected chi connectivity index (χ1v) is 8.97. The van der Waals surface area contributed by atoms with Crippen molar-refractivity contribution in [3.05, 3.63) is 62.6 Å². The molecule has 28 heavy (non-hydrogen) atoms. The summed E-state index contributed by atoms with van der Waals surface area (Å²) in [7, 11) is 0. The Morgan fingerprint density at radius 1 is 1.25 bits per heavy atom. The Hall–Kier alpha value is -3.40. The molecule has 0 aliphatic rings. The van der Waals surface area contributed by atoms with Crippen LogP contribution in [0.2, 0.25) is 0 Å². The van der Waals surface area contributed by atoms with Crippen LogP contribution in [0, 0.1) is 17.0 Å². The Labute approximate surface area is 163 Å². The van der Waals surface area contributed by atoms with E-state index in [0.29, 0.717) is 23.6 Å². The highest BCUT2D eigenvalue weighted by atomic mass is 32.2. The number of non-ortho nitro benzene ring substituents is 1. The van der Waals surface area contributed by atoms with Gasteiger partial charge in [-0.1, -0.05) is 13.0 Å². The Balaban J connectivity index is 1.90. The second-order valence-corrected chi connectivity index (χ2v) is 6.66. The molecule has 2 aromatic heterocycles. The molecule has 0 unspecified atom stereocenters. The van der Waals surface area contributed by atoms with E-state index in [4.69, 9.17) is 8.83 Å². The minimum absolute atomic E-state index is 0.0665. The Morgan fingerprint density at radius 3 is 2.68 bits per heavy atom. The van der Waals surface area contributed by atoms with Crippen molar-refractivity contribution in [2.75, 3.05) is 0 Å². The van der Waals surface area contributed by atoms with Crippen molar-refractivity contribution >= 4 is 29.5 Å². The molecule has 0 bridgehead atoms. The number of nitro groups is 1. The van der Waals surface area contributed by atoms with E-state index in [1.54, 1.807) is 25.1 Å². The Kier molecular flexibility index (Phi) is 5.59. The summed E-state index contributed by atoms with van der Waals surface area (Å²) in [6.45, 7) is 3.62. The van der Waals surface area contributed by atoms with E-state index in [0.717, 1.165) is 17.3 Å². The maximum Gasteiger partial charge on any atom is 0.281 e. The lowest BCUT2D eigenvalue weighted by molar-refractivity contribution is -0.384. The number of hydrogen-bond acceptors (Lipinski definition) is 9. The molecule has 0 saturated heterocycles. The van der Waals surface area contributed by atoms with E-state index in [-0.39, 0.29) is 21.6 Å². The highest BCUT2D eigenvalue weighted by molar-refractivity contribution is 8.03. The maximum absolute atomic E-state index is 11.4. The molecule has 1 aromatic carbocycles. The zero-order chi connectivity index (χ0) is 20.3. The number of aliphatic carboxylic acids is 1. The number of carbonyl (C=O) groups excluding carboxylic acids is 1. The van der Waals surface area contributed by atoms with Crippen LogP contribution in [-0.2, 0) is 11.2 Å². The minimum Gasteiger partial charge on any atom is -0.544 e. The van der Waals surface area contributed by atoms with E-state index in [2.05, 4.69) is 10.2 Å². The van der Waals surface area contributed by atoms with Gasteiger partial charge in [0.1, 0.15) is 11.5 Å². The van der Waals surface area contributed by atoms with E-state index in [1.165, 1.54) is 18.2 Å². The van der Waals surface area contributed by atoms with Crippen molar-refractivity contribution in [1.29, 1.82) is 0 Å². The molecular formula is C18H14N3O6S-. The van der Waals surface area contributed by atoms with Gasteiger partial charge in [-0.2, -0.15) is 0 Å². The van der Waals surface area contributed by atoms with E-state index in [9.17, 15) is 20.0 Å². The monoisotopic (exact) mass is 400 g/mol. The van der Waals surface area contributed by atoms with Gasteiger partial charge in [0, 0.05) is 29.0 Å². The number of rotatable bonds is 7. The van der Waals surface area contributed by atoms with E-state index < -0.39 is 10.9 Å². The van der Waals surface area contributed by atoms with Gasteiger partial charge >= 0.3 is 0 Å². The van der Waals surface area contributed by atoms with Crippen LogP contribution in [-0.4, -0.2) is 21.1 Å². The molecule has 144 valence electrons. The van der Waals surface area contributed by atoms with Crippen LogP contribution in [0.15, 0.2) is 49.3 Å². The molecule has 3 aromatic rings. The average Bonchev–Trinajstić information content (AvgIpc) is 3.30. The van der Waals surface area contributed by atoms with Crippen molar-refractivity contribution < 1.29 is 23.7 Å². The fraction of sp³-hybridized carbons (Fsp3) is 0.167. The first kappa shape index (κ1) is 19.4. The van der Waals surface area contributed by atoms with Gasteiger partial charge in [0.15, 0.2) is 0 Å². The predicted molar refractivity (Wildman–Crippen MR) is 98.1 cm³/mol. The summed E-state index contributed by atoms with van der Waals surface area (Å²) < 4.78 is 11.0. The van der Waals surface area contributed by atoms with Crippen LogP contribution >= 0.6 is 11.8 Å². The third kappa shape index (κ3) is 4.29. The normalized spacial score (nSPS) is 11.6. The molecule has 0 aliphatic heterocycles. The molecule has 10 heteroatoms. The number of aromatic nitrogens is 2. The first-order valence-electron chi connectivity index (χ1n) is 8.16. The number of nitrogens with zero attached hydrogens (tertiary/aromatic N) is 3. The summed E-state index contributed by atoms with van der Waals surface area (Å²) in [5.74, 6) is -0.420. The standard InChI is InChI=1S/C18H15N3O6S/c1-3-16-19-20-18(27-16)28-15(17(22)23)9-12-6-7-14(26-12)13-8-11(21(24)25)5-4-10(13)2/h4-9H,3H2,1-2H3,(H,22,23)/p-1/b15-9-. The molecule has 0 amide bonds. The van der Waals surface area contributed by atoms with Crippen LogP contribution in [0.5, 0.6) is 0 Å². The number of carboxylic acid groups (broad SMARTS) is 1. The fourth-order valence-corrected chi connectivity index (χ4v) is 3.01. The average molecular weight is 400 g/mol. The summed E-state index contributed by atoms with van der Waals surface area (Å²) in [5, 5.41) is 30.0. The van der Waals surface area contributed by atoms with Crippen LogP contribution < -0.4 is 5.11 Å². The lowest BCUT2D eigenvalue weighted by Crippen LogP contribution is -2.22. The second-order valence-electron chi connectivity index (χ2n) is 5.67. The highest BCUT2D eigenvalue weighted by Crippen LogP contribution is 2.32. The smallest absolute Gasteiger partial charge is 0.281 e. The molecule has 0 aliphatic carbocycles. The first-order chi connectivity index (χ1) is 13.4. The number of nitro benzene ring substituents is 1. The molecule has 2 heterocycles. The van der Waals surface area contributed by atoms with Crippen LogP contribution in [0.1, 0.15) is 24.1 Å². The number of hydrogen-bond donors (Lipinski definition) is 0. The summed E-state index contributed by atoms with van der Waals surface area (Å²) in [6.07, 6.45) is 1.80. The van der Waals surface area contributed by atoms with Gasteiger partial charge in [0.2, 0.25) is 5.89 Å². The van der Waals surface area contributed by atoms with Gasteiger partial charge in [0.25, 0.3) is 10.9 Å². The van der Waals surface area contributed by atoms with Gasteiger partial charge < -0.3 is 18.7 Å². The molecule has 0 atom stereocenters. The summed E-state index contributed by atoms with van der Waals surface area (Å²) in [6, 6.07) is 7.59. The largest absolute Gasteiger partial charge is 0.544 e. The maximum atomic E-state index is 11.4. The zero-order valence-electron chi connectivity index (χ0n) is 14.9. The van der Waals surface area contributed by atoms with Crippen molar-refractivity contribution in [2.24, 2.45) is 0 Å². The molecule has 0 fully saturated rings. The Bertz CT molecular complexity index is 1070. The SMILES string of the molecule is CCc1nnc(S/C(=C\c2ccc(-c3cc([N+](=O)[O-])ccc3C)o2)C(=O)[O-])o1. The van der Waals surface area contributed by atoms with Gasteiger partial charge in [-0.3, -0.25) is 10.1 Å². The van der Waals surface area contributed by atoms with Gasteiger partial charge in [-0.15, -0.1) is 10.2 Å². The van der Waals surface area contributed by atoms with Crippen molar-refractivity contribution in [3.63, 3.8) is 0 Å². The van der Waals surface area contributed by atoms with Crippen LogP contribution in [0.25, 0.3) is 17.4 Å². The molecule has 3 rings (SSSR count). The molecule has 0 radical (unpaired) electrons. The Morgan fingerprint density at radius 2 is 2.04 bits per heavy atom. The second kappa shape index (κ2) is 8.09. The number of carboxylic acids is 1. The molecule has 9 nitrogen and oxygen atoms in total. The number of thioether (sulfide) groups is 1. The van der Waals surface area contributed by atoms with Gasteiger partial charge in [0.05, 0.1) is 10.9 Å². The molecule has 0 spiro atoms. The van der Waals surface area contributed by atoms with E-state index in [1.807, 2.05) is 6.92 Å². The zero-order valence-corrected chi connectivity index (χ0v) is 15.7. The third-order valence-corrected chi connectivity index (χ3v) is 4.59. The summed E-state index contributed by atoms with van der Waals surface area (Å²) in [5.41, 5.74) is 1.26. The lowest BCUT2D eigenvalue weighted by Gasteiger charge is -2.04. The van der Waals surface area contributed by atoms with Crippen molar-refractivity contribution in [2.45, 2.75) is 25.5 Å². The summed E-state index contributed by atoms with van der Waals surface area (Å²) >= 11 is 0.752. The number of carbonyl (C=O) groups is 1. The van der Waals surface area contributed by atoms with Gasteiger partial charge in [-0.05, 0) is 42.5 Å². The topological polar surface area (TPSA) is 135 Å². The number of furan rings is 1. The number of benzene rings is 1. The number of aryl methyl sites for hydroxylation is 2. The third-order valence-electron chi connectivity index (χ3n) is 3.75. The highest BCUT2D eigenvalue weighted by Gasteiger charge is 2.14. The van der Waals surface area contributed by atoms with Crippen LogP contribution in [0.3, 0.4) is 0 Å². The van der Waals surface area contributed by atoms with Crippen molar-refractivity contribution in [1.82, 2.24) is 10.2 Å². The predicted octanol–water partition coefficient (Wildman–Crippen LogP) is 2.99. The molecule has 0 N–H and O–H groups in total. The minimum atomic E-state index is -1.43. The molecular weight excluding hydrogens is 386 g/mol. The molecule has 0 saturated carbocycles. The quantitative estimate of drug-likeness (QED) is 0.254. The van der Waals surface area contributed by atoms with Gasteiger partial charge in [-0.25, -0.2) is 0 Å². The lowest BCUT2D eigenvalue weighted by atomic mass is 10.1. The van der Waals surface area contributed by atoms with E-state index >= 15 is 0 Å². The van der Waals surface area contributed by atoms with Crippen LogP contribution in [0.4, 0.5) is 5.69 Å². The van der Waals surface area contributed by atoms with Crippen molar-refractivity contribution in [3.8, 4) is 11.3 Å². The fourth-order valence-electron chi connectivity index (χ4n) is 2.34.